The van der Waals surface area contributed by atoms with Crippen LogP contribution in [0, 0.1) is 6.92 Å². The minimum atomic E-state index is -1.11. The molecular formula is C15H19NO4. The first-order chi connectivity index (χ1) is 9.47. The summed E-state index contributed by atoms with van der Waals surface area (Å²) in [5.41, 5.74) is 0.335. The van der Waals surface area contributed by atoms with Crippen molar-refractivity contribution in [2.75, 3.05) is 13.1 Å². The third kappa shape index (κ3) is 4.12. The molecule has 0 saturated heterocycles. The lowest BCUT2D eigenvalue weighted by Crippen LogP contribution is -2.12. The van der Waals surface area contributed by atoms with E-state index in [1.54, 1.807) is 0 Å². The fourth-order valence-electron chi connectivity index (χ4n) is 1.90. The molecule has 2 rings (SSSR count). The maximum atomic E-state index is 10.6. The van der Waals surface area contributed by atoms with Gasteiger partial charge in [-0.2, -0.15) is 0 Å². The van der Waals surface area contributed by atoms with Crippen molar-refractivity contribution in [3.8, 4) is 0 Å². The Kier molecular flexibility index (Phi) is 5.77. The zero-order valence-electron chi connectivity index (χ0n) is 11.7. The van der Waals surface area contributed by atoms with E-state index in [0.717, 1.165) is 6.54 Å². The minimum absolute atomic E-state index is 0.0277. The van der Waals surface area contributed by atoms with Crippen LogP contribution in [0.25, 0.3) is 0 Å². The van der Waals surface area contributed by atoms with Gasteiger partial charge in [0, 0.05) is 13.1 Å². The number of carboxylic acid groups (broad SMARTS) is 2. The number of hydrogen-bond donors (Lipinski definition) is 2. The first-order valence-electron chi connectivity index (χ1n) is 6.44. The van der Waals surface area contributed by atoms with Gasteiger partial charge in [0.15, 0.2) is 0 Å². The lowest BCUT2D eigenvalue weighted by molar-refractivity contribution is 0.0696. The van der Waals surface area contributed by atoms with E-state index in [1.807, 2.05) is 0 Å². The largest absolute Gasteiger partial charge is 0.478 e. The fraction of sp³-hybridized carbons (Fsp3) is 0.333. The summed E-state index contributed by atoms with van der Waals surface area (Å²) in [5.74, 6) is -2.22. The SMILES string of the molecule is CCN1C=CCC1.Cc1c(C(=O)O)cccc1C(=O)O. The Morgan fingerprint density at radius 3 is 2.05 bits per heavy atom. The molecule has 0 bridgehead atoms. The molecule has 0 amide bonds. The lowest BCUT2D eigenvalue weighted by Gasteiger charge is -2.09. The van der Waals surface area contributed by atoms with Gasteiger partial charge in [-0.25, -0.2) is 9.59 Å². The highest BCUT2D eigenvalue weighted by molar-refractivity contribution is 5.96. The number of carboxylic acids is 2. The summed E-state index contributed by atoms with van der Waals surface area (Å²) >= 11 is 0. The van der Waals surface area contributed by atoms with Crippen LogP contribution in [0.15, 0.2) is 30.5 Å². The number of aromatic carboxylic acids is 2. The first kappa shape index (κ1) is 15.8. The Balaban J connectivity index is 0.000000240. The molecule has 1 aromatic carbocycles. The van der Waals surface area contributed by atoms with Crippen LogP contribution in [-0.4, -0.2) is 40.1 Å². The topological polar surface area (TPSA) is 77.8 Å². The van der Waals surface area contributed by atoms with E-state index >= 15 is 0 Å². The predicted molar refractivity (Wildman–Crippen MR) is 76.1 cm³/mol. The third-order valence-corrected chi connectivity index (χ3v) is 3.10. The summed E-state index contributed by atoms with van der Waals surface area (Å²) in [5, 5.41) is 17.4. The zero-order chi connectivity index (χ0) is 15.1. The van der Waals surface area contributed by atoms with Crippen LogP contribution >= 0.6 is 0 Å². The van der Waals surface area contributed by atoms with Crippen molar-refractivity contribution in [3.05, 3.63) is 47.2 Å². The monoisotopic (exact) mass is 277 g/mol. The molecule has 0 aromatic heterocycles. The van der Waals surface area contributed by atoms with Crippen molar-refractivity contribution in [1.82, 2.24) is 4.90 Å². The molecule has 1 aromatic rings. The number of hydrogen-bond acceptors (Lipinski definition) is 3. The Hall–Kier alpha value is -2.30. The smallest absolute Gasteiger partial charge is 0.335 e. The molecule has 0 aliphatic carbocycles. The molecule has 5 heteroatoms. The van der Waals surface area contributed by atoms with Gasteiger partial charge < -0.3 is 15.1 Å². The van der Waals surface area contributed by atoms with Crippen LogP contribution in [0.5, 0.6) is 0 Å². The Morgan fingerprint density at radius 2 is 1.75 bits per heavy atom. The molecule has 0 radical (unpaired) electrons. The van der Waals surface area contributed by atoms with Crippen LogP contribution in [0.1, 0.15) is 39.6 Å². The first-order valence-corrected chi connectivity index (χ1v) is 6.44. The Labute approximate surface area is 118 Å². The van der Waals surface area contributed by atoms with Crippen molar-refractivity contribution < 1.29 is 19.8 Å². The number of rotatable bonds is 3. The maximum absolute atomic E-state index is 10.6. The lowest BCUT2D eigenvalue weighted by atomic mass is 10.0. The molecule has 20 heavy (non-hydrogen) atoms. The Bertz CT molecular complexity index is 490. The molecule has 5 nitrogen and oxygen atoms in total. The van der Waals surface area contributed by atoms with E-state index in [4.69, 9.17) is 10.2 Å². The quantitative estimate of drug-likeness (QED) is 0.888. The molecule has 108 valence electrons. The van der Waals surface area contributed by atoms with Gasteiger partial charge in [-0.15, -0.1) is 0 Å². The summed E-state index contributed by atoms with van der Waals surface area (Å²) in [6.07, 6.45) is 5.62. The average Bonchev–Trinajstić information content (AvgIpc) is 2.92. The van der Waals surface area contributed by atoms with Gasteiger partial charge in [-0.1, -0.05) is 12.1 Å². The van der Waals surface area contributed by atoms with Gasteiger partial charge in [0.2, 0.25) is 0 Å². The standard InChI is InChI=1S/C9H8O4.C6H11N/c1-5-6(8(10)11)3-2-4-7(5)9(12)13;1-2-7-5-3-4-6-7/h2-4H,1H3,(H,10,11)(H,12,13);3,5H,2,4,6H2,1H3. The van der Waals surface area contributed by atoms with Crippen molar-refractivity contribution in [3.63, 3.8) is 0 Å². The highest BCUT2D eigenvalue weighted by Crippen LogP contribution is 2.13. The molecular weight excluding hydrogens is 258 g/mol. The van der Waals surface area contributed by atoms with Gasteiger partial charge in [0.1, 0.15) is 0 Å². The molecule has 0 unspecified atom stereocenters. The number of carbonyl (C=O) groups is 2. The molecule has 2 N–H and O–H groups in total. The van der Waals surface area contributed by atoms with Crippen molar-refractivity contribution in [2.24, 2.45) is 0 Å². The zero-order valence-corrected chi connectivity index (χ0v) is 11.7. The number of nitrogens with zero attached hydrogens (tertiary/aromatic N) is 1. The van der Waals surface area contributed by atoms with Crippen LogP contribution in [-0.2, 0) is 0 Å². The van der Waals surface area contributed by atoms with Crippen LogP contribution in [0.3, 0.4) is 0 Å². The highest BCUT2D eigenvalue weighted by atomic mass is 16.4. The molecule has 1 aliphatic rings. The predicted octanol–water partition coefficient (Wildman–Crippen LogP) is 2.62. The third-order valence-electron chi connectivity index (χ3n) is 3.10. The number of benzene rings is 1. The van der Waals surface area contributed by atoms with E-state index < -0.39 is 11.9 Å². The van der Waals surface area contributed by atoms with Crippen molar-refractivity contribution in [2.45, 2.75) is 20.3 Å². The molecule has 1 heterocycles. The van der Waals surface area contributed by atoms with Crippen molar-refractivity contribution >= 4 is 11.9 Å². The van der Waals surface area contributed by atoms with E-state index in [0.29, 0.717) is 0 Å². The molecule has 0 spiro atoms. The second-order valence-corrected chi connectivity index (χ2v) is 4.39. The van der Waals surface area contributed by atoms with Gasteiger partial charge >= 0.3 is 11.9 Å². The van der Waals surface area contributed by atoms with E-state index in [9.17, 15) is 9.59 Å². The van der Waals surface area contributed by atoms with Crippen LogP contribution in [0.4, 0.5) is 0 Å². The summed E-state index contributed by atoms with van der Waals surface area (Å²) in [6.45, 7) is 6.05. The van der Waals surface area contributed by atoms with Crippen LogP contribution < -0.4 is 0 Å². The fourth-order valence-corrected chi connectivity index (χ4v) is 1.90. The molecule has 0 atom stereocenters. The Morgan fingerprint density at radius 1 is 1.20 bits per heavy atom. The van der Waals surface area contributed by atoms with Gasteiger partial charge in [-0.3, -0.25) is 0 Å². The van der Waals surface area contributed by atoms with Crippen LogP contribution in [0.2, 0.25) is 0 Å². The van der Waals surface area contributed by atoms with Crippen molar-refractivity contribution in [1.29, 1.82) is 0 Å². The summed E-state index contributed by atoms with van der Waals surface area (Å²) in [7, 11) is 0. The second kappa shape index (κ2) is 7.33. The second-order valence-electron chi connectivity index (χ2n) is 4.39. The molecule has 1 aliphatic heterocycles. The minimum Gasteiger partial charge on any atom is -0.478 e. The summed E-state index contributed by atoms with van der Waals surface area (Å²) < 4.78 is 0. The average molecular weight is 277 g/mol. The van der Waals surface area contributed by atoms with Gasteiger partial charge in [0.25, 0.3) is 0 Å². The maximum Gasteiger partial charge on any atom is 0.335 e. The molecule has 0 fully saturated rings. The van der Waals surface area contributed by atoms with Gasteiger partial charge in [-0.05, 0) is 44.2 Å². The normalized spacial score (nSPS) is 12.8. The highest BCUT2D eigenvalue weighted by Gasteiger charge is 2.13. The van der Waals surface area contributed by atoms with E-state index in [-0.39, 0.29) is 16.7 Å². The van der Waals surface area contributed by atoms with Gasteiger partial charge in [0.05, 0.1) is 11.1 Å². The summed E-state index contributed by atoms with van der Waals surface area (Å²) in [4.78, 5) is 23.5. The molecule has 0 saturated carbocycles. The van der Waals surface area contributed by atoms with E-state index in [2.05, 4.69) is 24.1 Å². The summed E-state index contributed by atoms with van der Waals surface area (Å²) in [6, 6.07) is 4.17. The van der Waals surface area contributed by atoms with E-state index in [1.165, 1.54) is 38.1 Å².